The number of methoxy groups -OCH3 is 1. The Morgan fingerprint density at radius 2 is 2.00 bits per heavy atom. The average Bonchev–Trinajstić information content (AvgIpc) is 2.01. The fourth-order valence-corrected chi connectivity index (χ4v) is 1.70. The summed E-state index contributed by atoms with van der Waals surface area (Å²) < 4.78 is 4.54. The molecule has 0 N–H and O–H groups in total. The third-order valence-electron chi connectivity index (χ3n) is 1.66. The molecule has 0 aromatic heterocycles. The van der Waals surface area contributed by atoms with Gasteiger partial charge in [0, 0.05) is 0 Å². The van der Waals surface area contributed by atoms with Crippen molar-refractivity contribution in [1.82, 2.24) is 0 Å². The monoisotopic (exact) mass is 204 g/mol. The van der Waals surface area contributed by atoms with Crippen LogP contribution in [0.5, 0.6) is 0 Å². The third-order valence-corrected chi connectivity index (χ3v) is 2.68. The van der Waals surface area contributed by atoms with Crippen LogP contribution in [0, 0.1) is 5.41 Å². The molecule has 3 heteroatoms. The largest absolute Gasteiger partial charge is 0.468 e. The first-order chi connectivity index (χ1) is 5.95. The lowest BCUT2D eigenvalue weighted by atomic mass is 9.91. The van der Waals surface area contributed by atoms with E-state index in [0.29, 0.717) is 11.2 Å². The highest BCUT2D eigenvalue weighted by atomic mass is 32.2. The molecule has 0 unspecified atom stereocenters. The smallest absolute Gasteiger partial charge is 0.315 e. The molecule has 0 aromatic carbocycles. The molecule has 0 saturated carbocycles. The Labute approximate surface area is 85.4 Å². The maximum absolute atomic E-state index is 10.7. The van der Waals surface area contributed by atoms with Gasteiger partial charge in [-0.2, -0.15) is 11.8 Å². The molecule has 0 aliphatic carbocycles. The summed E-state index contributed by atoms with van der Waals surface area (Å²) in [6, 6.07) is 0. The van der Waals surface area contributed by atoms with Crippen LogP contribution in [0.1, 0.15) is 33.6 Å². The Hall–Kier alpha value is -0.180. The van der Waals surface area contributed by atoms with Crippen molar-refractivity contribution in [1.29, 1.82) is 0 Å². The van der Waals surface area contributed by atoms with E-state index in [9.17, 15) is 4.79 Å². The molecule has 0 spiro atoms. The molecule has 0 fully saturated rings. The minimum absolute atomic E-state index is 0.124. The molecule has 0 aliphatic heterocycles. The van der Waals surface area contributed by atoms with Crippen molar-refractivity contribution in [2.45, 2.75) is 33.6 Å². The average molecular weight is 204 g/mol. The van der Waals surface area contributed by atoms with Crippen LogP contribution < -0.4 is 0 Å². The number of carbonyl (C=O) groups is 1. The minimum Gasteiger partial charge on any atom is -0.468 e. The van der Waals surface area contributed by atoms with Gasteiger partial charge < -0.3 is 4.74 Å². The van der Waals surface area contributed by atoms with Crippen LogP contribution in [0.2, 0.25) is 0 Å². The Bertz CT molecular complexity index is 149. The molecule has 0 atom stereocenters. The summed E-state index contributed by atoms with van der Waals surface area (Å²) in [6.07, 6.45) is 2.38. The second kappa shape index (κ2) is 6.30. The van der Waals surface area contributed by atoms with Gasteiger partial charge in [-0.15, -0.1) is 0 Å². The lowest BCUT2D eigenvalue weighted by Gasteiger charge is -2.17. The predicted octanol–water partition coefficient (Wildman–Crippen LogP) is 2.72. The summed E-state index contributed by atoms with van der Waals surface area (Å²) in [6.45, 7) is 6.70. The third kappa shape index (κ3) is 9.74. The van der Waals surface area contributed by atoms with Crippen LogP contribution in [0.4, 0.5) is 0 Å². The van der Waals surface area contributed by atoms with Gasteiger partial charge in [0.15, 0.2) is 0 Å². The summed E-state index contributed by atoms with van der Waals surface area (Å²) >= 11 is 1.65. The maximum atomic E-state index is 10.7. The quantitative estimate of drug-likeness (QED) is 0.509. The van der Waals surface area contributed by atoms with Crippen molar-refractivity contribution in [3.8, 4) is 0 Å². The highest BCUT2D eigenvalue weighted by molar-refractivity contribution is 7.99. The highest BCUT2D eigenvalue weighted by Gasteiger charge is 2.09. The van der Waals surface area contributed by atoms with Crippen LogP contribution in [0.15, 0.2) is 0 Å². The van der Waals surface area contributed by atoms with E-state index in [-0.39, 0.29) is 5.97 Å². The van der Waals surface area contributed by atoms with E-state index in [2.05, 4.69) is 25.5 Å². The Kier molecular flexibility index (Phi) is 6.21. The van der Waals surface area contributed by atoms with E-state index in [0.717, 1.165) is 5.75 Å². The normalized spacial score (nSPS) is 11.4. The van der Waals surface area contributed by atoms with Gasteiger partial charge in [0.25, 0.3) is 0 Å². The zero-order valence-electron chi connectivity index (χ0n) is 9.05. The summed E-state index contributed by atoms with van der Waals surface area (Å²) in [7, 11) is 1.43. The Morgan fingerprint density at radius 1 is 1.38 bits per heavy atom. The highest BCUT2D eigenvalue weighted by Crippen LogP contribution is 2.21. The lowest BCUT2D eigenvalue weighted by Crippen LogP contribution is -2.06. The van der Waals surface area contributed by atoms with Crippen molar-refractivity contribution in [2.75, 3.05) is 18.6 Å². The molecule has 2 nitrogen and oxygen atoms in total. The van der Waals surface area contributed by atoms with Gasteiger partial charge in [0.1, 0.15) is 0 Å². The second-order valence-corrected chi connectivity index (χ2v) is 5.40. The molecule has 0 bridgehead atoms. The van der Waals surface area contributed by atoms with E-state index in [4.69, 9.17) is 0 Å². The minimum atomic E-state index is -0.124. The van der Waals surface area contributed by atoms with Gasteiger partial charge in [-0.1, -0.05) is 20.8 Å². The van der Waals surface area contributed by atoms with E-state index < -0.39 is 0 Å². The molecular weight excluding hydrogens is 184 g/mol. The summed E-state index contributed by atoms with van der Waals surface area (Å²) in [4.78, 5) is 10.7. The van der Waals surface area contributed by atoms with Crippen molar-refractivity contribution in [3.63, 3.8) is 0 Å². The van der Waals surface area contributed by atoms with Gasteiger partial charge >= 0.3 is 5.97 Å². The molecule has 78 valence electrons. The maximum Gasteiger partial charge on any atom is 0.315 e. The number of esters is 1. The second-order valence-electron chi connectivity index (χ2n) is 4.29. The fraction of sp³-hybridized carbons (Fsp3) is 0.900. The number of hydrogen-bond donors (Lipinski definition) is 0. The van der Waals surface area contributed by atoms with Gasteiger partial charge in [-0.3, -0.25) is 4.79 Å². The van der Waals surface area contributed by atoms with E-state index in [1.807, 2.05) is 0 Å². The van der Waals surface area contributed by atoms with Gasteiger partial charge in [0.2, 0.25) is 0 Å². The molecule has 0 rings (SSSR count). The number of carbonyl (C=O) groups excluding carboxylic acids is 1. The number of rotatable bonds is 5. The molecule has 0 radical (unpaired) electrons. The van der Waals surface area contributed by atoms with Crippen LogP contribution >= 0.6 is 11.8 Å². The van der Waals surface area contributed by atoms with Gasteiger partial charge in [-0.05, 0) is 24.0 Å². The molecule has 0 saturated heterocycles. The van der Waals surface area contributed by atoms with Crippen LogP contribution in [0.3, 0.4) is 0 Å². The molecule has 13 heavy (non-hydrogen) atoms. The zero-order valence-corrected chi connectivity index (χ0v) is 9.87. The van der Waals surface area contributed by atoms with Gasteiger partial charge in [-0.25, -0.2) is 0 Å². The van der Waals surface area contributed by atoms with Crippen LogP contribution in [-0.2, 0) is 9.53 Å². The topological polar surface area (TPSA) is 26.3 Å². The van der Waals surface area contributed by atoms with Crippen LogP contribution in [-0.4, -0.2) is 24.6 Å². The van der Waals surface area contributed by atoms with E-state index in [1.165, 1.54) is 20.0 Å². The van der Waals surface area contributed by atoms with E-state index in [1.54, 1.807) is 11.8 Å². The van der Waals surface area contributed by atoms with Crippen molar-refractivity contribution >= 4 is 17.7 Å². The van der Waals surface area contributed by atoms with Crippen molar-refractivity contribution < 1.29 is 9.53 Å². The first-order valence-electron chi connectivity index (χ1n) is 4.60. The van der Waals surface area contributed by atoms with Crippen LogP contribution in [0.25, 0.3) is 0 Å². The first kappa shape index (κ1) is 12.8. The summed E-state index contributed by atoms with van der Waals surface area (Å²) in [5.74, 6) is 1.41. The standard InChI is InChI=1S/C10H20O2S/c1-10(2,3)6-5-7-13-8-9(11)12-4/h5-8H2,1-4H3. The predicted molar refractivity (Wildman–Crippen MR) is 58.0 cm³/mol. The molecule has 0 aromatic rings. The zero-order chi connectivity index (χ0) is 10.3. The van der Waals surface area contributed by atoms with Crippen molar-refractivity contribution in [3.05, 3.63) is 0 Å². The summed E-state index contributed by atoms with van der Waals surface area (Å²) in [5, 5.41) is 0. The number of hydrogen-bond acceptors (Lipinski definition) is 3. The number of thioether (sulfide) groups is 1. The fourth-order valence-electron chi connectivity index (χ4n) is 0.919. The molecule has 0 aliphatic rings. The van der Waals surface area contributed by atoms with Gasteiger partial charge in [0.05, 0.1) is 12.9 Å². The van der Waals surface area contributed by atoms with Crippen molar-refractivity contribution in [2.24, 2.45) is 5.41 Å². The SMILES string of the molecule is COC(=O)CSCCCC(C)(C)C. The number of ether oxygens (including phenoxy) is 1. The molecule has 0 heterocycles. The Morgan fingerprint density at radius 3 is 2.46 bits per heavy atom. The molecular formula is C10H20O2S. The molecule has 0 amide bonds. The lowest BCUT2D eigenvalue weighted by molar-refractivity contribution is -0.137. The summed E-state index contributed by atoms with van der Waals surface area (Å²) in [5.41, 5.74) is 0.409. The Balaban J connectivity index is 3.22. The van der Waals surface area contributed by atoms with E-state index >= 15 is 0 Å². The first-order valence-corrected chi connectivity index (χ1v) is 5.76.